The van der Waals surface area contributed by atoms with Crippen molar-refractivity contribution in [2.24, 2.45) is 47.3 Å². The highest BCUT2D eigenvalue weighted by atomic mass is 16.5. The van der Waals surface area contributed by atoms with E-state index in [1.54, 1.807) is 17.5 Å². The fourth-order valence-corrected chi connectivity index (χ4v) is 10.2. The lowest BCUT2D eigenvalue weighted by Gasteiger charge is -2.38. The van der Waals surface area contributed by atoms with E-state index in [-0.39, 0.29) is 5.41 Å². The number of hydrogen-bond acceptors (Lipinski definition) is 1. The average Bonchev–Trinajstić information content (AvgIpc) is 3.58. The van der Waals surface area contributed by atoms with Crippen LogP contribution in [0.1, 0.15) is 63.5 Å². The van der Waals surface area contributed by atoms with Gasteiger partial charge in [0.25, 0.3) is 0 Å². The molecule has 0 radical (unpaired) electrons. The second-order valence-electron chi connectivity index (χ2n) is 11.6. The molecule has 162 valence electrons. The number of methoxy groups -OCH3 is 1. The molecule has 0 aromatic heterocycles. The molecule has 5 aliphatic carbocycles. The predicted molar refractivity (Wildman–Crippen MR) is 126 cm³/mol. The van der Waals surface area contributed by atoms with Crippen molar-refractivity contribution >= 4 is 0 Å². The molecule has 0 saturated heterocycles. The molecule has 4 fully saturated rings. The van der Waals surface area contributed by atoms with Crippen molar-refractivity contribution in [1.82, 2.24) is 0 Å². The van der Waals surface area contributed by atoms with Crippen LogP contribution in [0.5, 0.6) is 5.75 Å². The van der Waals surface area contributed by atoms with Gasteiger partial charge in [0, 0.05) is 5.41 Å². The number of benzene rings is 2. The smallest absolute Gasteiger partial charge is 0.119 e. The van der Waals surface area contributed by atoms with E-state index < -0.39 is 0 Å². The Balaban J connectivity index is 1.34. The largest absolute Gasteiger partial charge is 0.497 e. The summed E-state index contributed by atoms with van der Waals surface area (Å²) in [5.41, 5.74) is 6.39. The van der Waals surface area contributed by atoms with Crippen LogP contribution >= 0.6 is 0 Å². The van der Waals surface area contributed by atoms with Gasteiger partial charge in [-0.1, -0.05) is 57.0 Å². The summed E-state index contributed by atoms with van der Waals surface area (Å²) in [5, 5.41) is 0. The monoisotopic (exact) mass is 412 g/mol. The molecular weight excluding hydrogens is 376 g/mol. The molecule has 0 aliphatic heterocycles. The van der Waals surface area contributed by atoms with E-state index in [0.29, 0.717) is 0 Å². The van der Waals surface area contributed by atoms with E-state index in [1.807, 2.05) is 7.11 Å². The molecule has 31 heavy (non-hydrogen) atoms. The molecule has 1 spiro atoms. The van der Waals surface area contributed by atoms with Crippen molar-refractivity contribution in [3.63, 3.8) is 0 Å². The highest BCUT2D eigenvalue weighted by Gasteiger charge is 2.68. The van der Waals surface area contributed by atoms with Gasteiger partial charge in [0.05, 0.1) is 7.11 Å². The van der Waals surface area contributed by atoms with E-state index in [4.69, 9.17) is 4.74 Å². The number of rotatable bonds is 3. The summed E-state index contributed by atoms with van der Waals surface area (Å²) in [4.78, 5) is 0. The van der Waals surface area contributed by atoms with Gasteiger partial charge in [-0.3, -0.25) is 0 Å². The molecule has 2 aromatic carbocycles. The minimum Gasteiger partial charge on any atom is -0.497 e. The normalized spacial score (nSPS) is 43.2. The van der Waals surface area contributed by atoms with E-state index in [2.05, 4.69) is 56.3 Å². The van der Waals surface area contributed by atoms with Gasteiger partial charge in [-0.05, 0) is 107 Å². The van der Waals surface area contributed by atoms with Gasteiger partial charge in [-0.2, -0.15) is 0 Å². The maximum atomic E-state index is 5.71. The maximum Gasteiger partial charge on any atom is 0.119 e. The molecule has 1 nitrogen and oxygen atoms in total. The van der Waals surface area contributed by atoms with E-state index in [9.17, 15) is 0 Å². The van der Waals surface area contributed by atoms with Crippen LogP contribution in [-0.2, 0) is 5.41 Å². The highest BCUT2D eigenvalue weighted by Crippen LogP contribution is 2.74. The van der Waals surface area contributed by atoms with Gasteiger partial charge in [0.15, 0.2) is 0 Å². The minimum atomic E-state index is 0.231. The Morgan fingerprint density at radius 1 is 0.774 bits per heavy atom. The predicted octanol–water partition coefficient (Wildman–Crippen LogP) is 7.33. The first-order chi connectivity index (χ1) is 15.2. The third kappa shape index (κ3) is 2.19. The van der Waals surface area contributed by atoms with Crippen LogP contribution in [0.3, 0.4) is 0 Å². The first-order valence-electron chi connectivity index (χ1n) is 13.0. The number of ether oxygens (including phenoxy) is 1. The number of fused-ring (bicyclic) bond motifs is 13. The summed E-state index contributed by atoms with van der Waals surface area (Å²) in [6.07, 6.45) is 8.67. The lowest BCUT2D eigenvalue weighted by molar-refractivity contribution is 0.0950. The molecular formula is C30H36O. The van der Waals surface area contributed by atoms with Crippen molar-refractivity contribution in [2.45, 2.75) is 57.8 Å². The van der Waals surface area contributed by atoms with Crippen LogP contribution < -0.4 is 4.74 Å². The summed E-state index contributed by atoms with van der Waals surface area (Å²) in [6.45, 7) is 4.93. The summed E-state index contributed by atoms with van der Waals surface area (Å²) in [5.74, 6) is 9.01. The first kappa shape index (κ1) is 18.8. The Bertz CT molecular complexity index is 1010. The zero-order valence-corrected chi connectivity index (χ0v) is 19.3. The molecule has 8 unspecified atom stereocenters. The van der Waals surface area contributed by atoms with Gasteiger partial charge < -0.3 is 4.74 Å². The SMILES string of the molecule is CCC1CC(CC)C2C3CC(C4CC5(CC43)c3ccccc3-c3ccc(OC)cc35)C12. The second kappa shape index (κ2) is 6.40. The van der Waals surface area contributed by atoms with E-state index in [0.717, 1.165) is 53.1 Å². The molecule has 8 atom stereocenters. The molecule has 5 aliphatic rings. The van der Waals surface area contributed by atoms with Crippen LogP contribution in [0.15, 0.2) is 42.5 Å². The molecule has 7 rings (SSSR count). The quantitative estimate of drug-likeness (QED) is 0.513. The van der Waals surface area contributed by atoms with Crippen molar-refractivity contribution in [3.05, 3.63) is 53.6 Å². The lowest BCUT2D eigenvalue weighted by atomic mass is 9.67. The zero-order chi connectivity index (χ0) is 20.9. The van der Waals surface area contributed by atoms with Crippen LogP contribution in [0.25, 0.3) is 11.1 Å². The summed E-state index contributed by atoms with van der Waals surface area (Å²) < 4.78 is 5.71. The van der Waals surface area contributed by atoms with Gasteiger partial charge >= 0.3 is 0 Å². The van der Waals surface area contributed by atoms with Crippen LogP contribution in [0, 0.1) is 47.3 Å². The van der Waals surface area contributed by atoms with Crippen LogP contribution in [-0.4, -0.2) is 7.11 Å². The van der Waals surface area contributed by atoms with Crippen LogP contribution in [0.4, 0.5) is 0 Å². The molecule has 0 heterocycles. The average molecular weight is 413 g/mol. The van der Waals surface area contributed by atoms with E-state index >= 15 is 0 Å². The Hall–Kier alpha value is -1.76. The summed E-state index contributed by atoms with van der Waals surface area (Å²) in [7, 11) is 1.82. The third-order valence-corrected chi connectivity index (χ3v) is 11.0. The Morgan fingerprint density at radius 2 is 1.42 bits per heavy atom. The van der Waals surface area contributed by atoms with Gasteiger partial charge in [-0.15, -0.1) is 0 Å². The van der Waals surface area contributed by atoms with Crippen molar-refractivity contribution in [3.8, 4) is 16.9 Å². The van der Waals surface area contributed by atoms with Crippen LogP contribution in [0.2, 0.25) is 0 Å². The summed E-state index contributed by atoms with van der Waals surface area (Å²) >= 11 is 0. The van der Waals surface area contributed by atoms with Gasteiger partial charge in [0.2, 0.25) is 0 Å². The molecule has 1 heteroatoms. The Labute approximate surface area is 187 Å². The summed E-state index contributed by atoms with van der Waals surface area (Å²) in [6, 6.07) is 16.2. The number of hydrogen-bond donors (Lipinski definition) is 0. The molecule has 2 bridgehead atoms. The molecule has 2 aromatic rings. The first-order valence-corrected chi connectivity index (χ1v) is 13.0. The topological polar surface area (TPSA) is 9.23 Å². The van der Waals surface area contributed by atoms with Gasteiger partial charge in [-0.25, -0.2) is 0 Å². The minimum absolute atomic E-state index is 0.231. The maximum absolute atomic E-state index is 5.71. The standard InChI is InChI=1S/C30H36O/c1-4-17-12-18(5-2)29-23-14-22(28(17)29)24-15-30(16-25(23)24)26-9-7-6-8-20(26)21-11-10-19(31-3)13-27(21)30/h6-11,13,17-18,22-25,28-29H,4-5,12,14-16H2,1-3H3. The Morgan fingerprint density at radius 3 is 2.06 bits per heavy atom. The third-order valence-electron chi connectivity index (χ3n) is 11.0. The fourth-order valence-electron chi connectivity index (χ4n) is 10.2. The molecule has 0 amide bonds. The van der Waals surface area contributed by atoms with Crippen molar-refractivity contribution < 1.29 is 4.74 Å². The highest BCUT2D eigenvalue weighted by molar-refractivity contribution is 5.82. The van der Waals surface area contributed by atoms with Crippen molar-refractivity contribution in [2.75, 3.05) is 7.11 Å². The second-order valence-corrected chi connectivity index (χ2v) is 11.6. The zero-order valence-electron chi connectivity index (χ0n) is 19.3. The fraction of sp³-hybridized carbons (Fsp3) is 0.600. The lowest BCUT2D eigenvalue weighted by Crippen LogP contribution is -2.33. The molecule has 4 saturated carbocycles. The van der Waals surface area contributed by atoms with Gasteiger partial charge in [0.1, 0.15) is 5.75 Å². The van der Waals surface area contributed by atoms with Crippen molar-refractivity contribution in [1.29, 1.82) is 0 Å². The Kier molecular flexibility index (Phi) is 3.87. The van der Waals surface area contributed by atoms with E-state index in [1.165, 1.54) is 43.2 Å². The molecule has 0 N–H and O–H groups in total.